The van der Waals surface area contributed by atoms with Crippen LogP contribution in [0.1, 0.15) is 10.5 Å². The van der Waals surface area contributed by atoms with Gasteiger partial charge in [-0.1, -0.05) is 0 Å². The second-order valence-corrected chi connectivity index (χ2v) is 3.11. The van der Waals surface area contributed by atoms with Gasteiger partial charge in [0.1, 0.15) is 11.2 Å². The third-order valence-corrected chi connectivity index (χ3v) is 2.27. The van der Waals surface area contributed by atoms with Crippen LogP contribution >= 0.6 is 11.3 Å². The maximum Gasteiger partial charge on any atom is 0.285 e. The van der Waals surface area contributed by atoms with Crippen molar-refractivity contribution in [3.8, 4) is 0 Å². The zero-order chi connectivity index (χ0) is 9.26. The van der Waals surface area contributed by atoms with Crippen LogP contribution in [-0.4, -0.2) is 15.9 Å². The fourth-order valence-corrected chi connectivity index (χ4v) is 1.62. The first-order chi connectivity index (χ1) is 6.31. The molecule has 0 saturated carbocycles. The molecule has 66 valence electrons. The average Bonchev–Trinajstić information content (AvgIpc) is 2.63. The molecule has 0 bridgehead atoms. The Bertz CT molecular complexity index is 452. The molecule has 0 fully saturated rings. The molecule has 3 N–H and O–H groups in total. The number of nitrogens with two attached hydrogens (primary N) is 1. The number of rotatable bonds is 1. The number of fused-ring (bicyclic) bond motifs is 1. The molecule has 2 aromatic heterocycles. The number of hydrazine groups is 1. The average molecular weight is 194 g/mol. The van der Waals surface area contributed by atoms with E-state index >= 15 is 0 Å². The minimum Gasteiger partial charge on any atom is -0.289 e. The number of nitrogens with zero attached hydrogens (tertiary/aromatic N) is 2. The number of thiophene rings is 1. The van der Waals surface area contributed by atoms with Crippen LogP contribution in [0.5, 0.6) is 0 Å². The SMILES string of the molecule is NNC(=O)c1cnc2cscc2n1. The Labute approximate surface area is 77.6 Å². The third-order valence-electron chi connectivity index (χ3n) is 1.55. The van der Waals surface area contributed by atoms with Gasteiger partial charge < -0.3 is 0 Å². The number of aromatic nitrogens is 2. The largest absolute Gasteiger partial charge is 0.289 e. The fraction of sp³-hybridized carbons (Fsp3) is 0. The van der Waals surface area contributed by atoms with Crippen LogP contribution in [0.3, 0.4) is 0 Å². The molecule has 5 nitrogen and oxygen atoms in total. The molecule has 0 saturated heterocycles. The van der Waals surface area contributed by atoms with Crippen molar-refractivity contribution in [3.05, 3.63) is 22.7 Å². The van der Waals surface area contributed by atoms with Gasteiger partial charge in [-0.2, -0.15) is 0 Å². The molecular formula is C7H6N4OS. The smallest absolute Gasteiger partial charge is 0.285 e. The molecule has 0 atom stereocenters. The molecule has 1 amide bonds. The van der Waals surface area contributed by atoms with Gasteiger partial charge in [0.25, 0.3) is 5.91 Å². The monoisotopic (exact) mass is 194 g/mol. The van der Waals surface area contributed by atoms with Crippen LogP contribution in [0, 0.1) is 0 Å². The predicted molar refractivity (Wildman–Crippen MR) is 49.1 cm³/mol. The van der Waals surface area contributed by atoms with Crippen LogP contribution in [0.4, 0.5) is 0 Å². The summed E-state index contributed by atoms with van der Waals surface area (Å²) in [7, 11) is 0. The Hall–Kier alpha value is -1.53. The second kappa shape index (κ2) is 3.08. The number of hydrogen-bond donors (Lipinski definition) is 2. The van der Waals surface area contributed by atoms with E-state index in [9.17, 15) is 4.79 Å². The second-order valence-electron chi connectivity index (χ2n) is 2.37. The van der Waals surface area contributed by atoms with E-state index in [4.69, 9.17) is 5.84 Å². The molecule has 13 heavy (non-hydrogen) atoms. The van der Waals surface area contributed by atoms with E-state index in [2.05, 4.69) is 9.97 Å². The molecule has 0 aliphatic heterocycles. The van der Waals surface area contributed by atoms with Crippen molar-refractivity contribution < 1.29 is 4.79 Å². The highest BCUT2D eigenvalue weighted by Gasteiger charge is 2.06. The Balaban J connectivity index is 2.54. The van der Waals surface area contributed by atoms with Gasteiger partial charge in [-0.05, 0) is 0 Å². The van der Waals surface area contributed by atoms with Gasteiger partial charge >= 0.3 is 0 Å². The first-order valence-corrected chi connectivity index (χ1v) is 4.45. The van der Waals surface area contributed by atoms with Crippen LogP contribution in [-0.2, 0) is 0 Å². The van der Waals surface area contributed by atoms with Gasteiger partial charge in [0.05, 0.1) is 11.7 Å². The molecule has 2 aromatic rings. The standard InChI is InChI=1S/C7H6N4OS/c8-11-7(12)4-1-9-5-2-13-3-6(5)10-4/h1-3H,8H2,(H,11,12). The van der Waals surface area contributed by atoms with Crippen molar-refractivity contribution in [3.63, 3.8) is 0 Å². The number of hydrogen-bond acceptors (Lipinski definition) is 5. The Morgan fingerprint density at radius 1 is 1.46 bits per heavy atom. The first kappa shape index (κ1) is 8.09. The van der Waals surface area contributed by atoms with Crippen molar-refractivity contribution in [1.29, 1.82) is 0 Å². The van der Waals surface area contributed by atoms with E-state index in [-0.39, 0.29) is 5.69 Å². The summed E-state index contributed by atoms with van der Waals surface area (Å²) in [6, 6.07) is 0. The summed E-state index contributed by atoms with van der Waals surface area (Å²) < 4.78 is 0. The van der Waals surface area contributed by atoms with Gasteiger partial charge in [0, 0.05) is 10.8 Å². The first-order valence-electron chi connectivity index (χ1n) is 3.51. The molecule has 0 aromatic carbocycles. The van der Waals surface area contributed by atoms with E-state index < -0.39 is 5.91 Å². The Morgan fingerprint density at radius 2 is 2.23 bits per heavy atom. The summed E-state index contributed by atoms with van der Waals surface area (Å²) in [5.74, 6) is 4.53. The van der Waals surface area contributed by atoms with E-state index in [1.54, 1.807) is 0 Å². The highest BCUT2D eigenvalue weighted by atomic mass is 32.1. The lowest BCUT2D eigenvalue weighted by atomic mass is 10.4. The molecule has 0 spiro atoms. The molecular weight excluding hydrogens is 188 g/mol. The molecule has 0 aliphatic carbocycles. The maximum atomic E-state index is 11.0. The summed E-state index contributed by atoms with van der Waals surface area (Å²) in [5, 5.41) is 3.70. The van der Waals surface area contributed by atoms with Crippen molar-refractivity contribution in [1.82, 2.24) is 15.4 Å². The van der Waals surface area contributed by atoms with Crippen molar-refractivity contribution in [2.24, 2.45) is 5.84 Å². The molecule has 0 unspecified atom stereocenters. The van der Waals surface area contributed by atoms with Crippen molar-refractivity contribution >= 4 is 28.3 Å². The zero-order valence-electron chi connectivity index (χ0n) is 6.52. The fourth-order valence-electron chi connectivity index (χ4n) is 0.937. The summed E-state index contributed by atoms with van der Waals surface area (Å²) >= 11 is 1.49. The van der Waals surface area contributed by atoms with Gasteiger partial charge in [0.15, 0.2) is 0 Å². The molecule has 6 heteroatoms. The van der Waals surface area contributed by atoms with Crippen LogP contribution < -0.4 is 11.3 Å². The number of nitrogens with one attached hydrogen (secondary N) is 1. The minimum absolute atomic E-state index is 0.230. The molecule has 0 radical (unpaired) electrons. The van der Waals surface area contributed by atoms with E-state index in [1.807, 2.05) is 16.2 Å². The van der Waals surface area contributed by atoms with Crippen molar-refractivity contribution in [2.45, 2.75) is 0 Å². The number of carbonyl (C=O) groups is 1. The molecule has 0 aliphatic rings. The predicted octanol–water partition coefficient (Wildman–Crippen LogP) is 0.295. The number of amides is 1. The third kappa shape index (κ3) is 1.36. The lowest BCUT2D eigenvalue weighted by molar-refractivity contribution is 0.0948. The number of nitrogen functional groups attached to an aromatic ring is 1. The van der Waals surface area contributed by atoms with Gasteiger partial charge in [-0.3, -0.25) is 15.2 Å². The molecule has 2 heterocycles. The minimum atomic E-state index is -0.430. The Kier molecular flexibility index (Phi) is 1.91. The maximum absolute atomic E-state index is 11.0. The van der Waals surface area contributed by atoms with Crippen LogP contribution in [0.25, 0.3) is 11.0 Å². The topological polar surface area (TPSA) is 80.9 Å². The van der Waals surface area contributed by atoms with E-state index in [0.29, 0.717) is 5.52 Å². The lowest BCUT2D eigenvalue weighted by Gasteiger charge is -1.96. The van der Waals surface area contributed by atoms with Crippen LogP contribution in [0.2, 0.25) is 0 Å². The summed E-state index contributed by atoms with van der Waals surface area (Å²) in [4.78, 5) is 19.1. The highest BCUT2D eigenvalue weighted by molar-refractivity contribution is 7.09. The zero-order valence-corrected chi connectivity index (χ0v) is 7.34. The summed E-state index contributed by atoms with van der Waals surface area (Å²) in [6.45, 7) is 0. The molecule has 2 rings (SSSR count). The number of carbonyl (C=O) groups excluding carboxylic acids is 1. The van der Waals surface area contributed by atoms with Crippen LogP contribution in [0.15, 0.2) is 17.0 Å². The quantitative estimate of drug-likeness (QED) is 0.388. The summed E-state index contributed by atoms with van der Waals surface area (Å²) in [6.07, 6.45) is 1.40. The van der Waals surface area contributed by atoms with Gasteiger partial charge in [-0.15, -0.1) is 11.3 Å². The van der Waals surface area contributed by atoms with Gasteiger partial charge in [-0.25, -0.2) is 10.8 Å². The van der Waals surface area contributed by atoms with Crippen molar-refractivity contribution in [2.75, 3.05) is 0 Å². The Morgan fingerprint density at radius 3 is 3.00 bits per heavy atom. The normalized spacial score (nSPS) is 10.2. The highest BCUT2D eigenvalue weighted by Crippen LogP contribution is 2.13. The van der Waals surface area contributed by atoms with Gasteiger partial charge in [0.2, 0.25) is 0 Å². The van der Waals surface area contributed by atoms with E-state index in [0.717, 1.165) is 5.52 Å². The lowest BCUT2D eigenvalue weighted by Crippen LogP contribution is -2.30. The van der Waals surface area contributed by atoms with E-state index in [1.165, 1.54) is 17.5 Å². The summed E-state index contributed by atoms with van der Waals surface area (Å²) in [5.41, 5.74) is 3.73.